The molecule has 2 rings (SSSR count). The van der Waals surface area contributed by atoms with Crippen molar-refractivity contribution in [3.8, 4) is 0 Å². The van der Waals surface area contributed by atoms with Crippen LogP contribution in [0.3, 0.4) is 0 Å². The third kappa shape index (κ3) is 7.51. The maximum Gasteiger partial charge on any atom is 0.323 e. The molecule has 9 heteroatoms. The van der Waals surface area contributed by atoms with Gasteiger partial charge in [-0.05, 0) is 18.4 Å². The summed E-state index contributed by atoms with van der Waals surface area (Å²) in [5.41, 5.74) is 1.04. The summed E-state index contributed by atoms with van der Waals surface area (Å²) in [6.07, 6.45) is 1.26. The van der Waals surface area contributed by atoms with Gasteiger partial charge in [0.25, 0.3) is 5.69 Å². The molecule has 9 nitrogen and oxygen atoms in total. The van der Waals surface area contributed by atoms with Gasteiger partial charge in [0.2, 0.25) is 0 Å². The topological polar surface area (TPSA) is 109 Å². The number of hydrogen-bond donors (Lipinski definition) is 3. The average Bonchev–Trinajstić information content (AvgIpc) is 2.69. The van der Waals surface area contributed by atoms with Gasteiger partial charge in [0.15, 0.2) is 0 Å². The highest BCUT2D eigenvalue weighted by Gasteiger charge is 2.26. The van der Waals surface area contributed by atoms with E-state index in [2.05, 4.69) is 20.9 Å². The van der Waals surface area contributed by atoms with Crippen molar-refractivity contribution in [2.45, 2.75) is 18.9 Å². The van der Waals surface area contributed by atoms with Gasteiger partial charge in [0.05, 0.1) is 12.0 Å². The summed E-state index contributed by atoms with van der Waals surface area (Å²) in [5.74, 6) is -0.240. The van der Waals surface area contributed by atoms with Crippen molar-refractivity contribution in [3.63, 3.8) is 0 Å². The van der Waals surface area contributed by atoms with Crippen LogP contribution < -0.4 is 16.0 Å². The Morgan fingerprint density at radius 2 is 1.61 bits per heavy atom. The highest BCUT2D eigenvalue weighted by atomic mass is 16.6. The lowest BCUT2D eigenvalue weighted by molar-refractivity contribution is -0.384. The molecule has 1 aliphatic heterocycles. The van der Waals surface area contributed by atoms with E-state index in [1.807, 2.05) is 0 Å². The third-order valence-electron chi connectivity index (χ3n) is 4.88. The second kappa shape index (κ2) is 12.4. The van der Waals surface area contributed by atoms with Crippen LogP contribution in [0.1, 0.15) is 12.0 Å². The van der Waals surface area contributed by atoms with E-state index < -0.39 is 4.92 Å². The Labute approximate surface area is 166 Å². The number of ether oxygens (including phenoxy) is 1. The molecule has 0 aliphatic carbocycles. The quantitative estimate of drug-likeness (QED) is 0.356. The summed E-state index contributed by atoms with van der Waals surface area (Å²) in [6.45, 7) is 6.71. The summed E-state index contributed by atoms with van der Waals surface area (Å²) in [7, 11) is 1.42. The fraction of sp³-hybridized carbons (Fsp3) is 0.632. The molecule has 3 N–H and O–H groups in total. The van der Waals surface area contributed by atoms with E-state index >= 15 is 0 Å². The van der Waals surface area contributed by atoms with Gasteiger partial charge in [0, 0.05) is 64.5 Å². The SMILES string of the molecule is COC(=O)C(CCc1ccc([N+](=O)[O-])cc1)N1CCNCCNCCNCC1. The van der Waals surface area contributed by atoms with Crippen molar-refractivity contribution in [1.29, 1.82) is 0 Å². The van der Waals surface area contributed by atoms with Crippen LogP contribution in [0.25, 0.3) is 0 Å². The van der Waals surface area contributed by atoms with E-state index in [0.29, 0.717) is 12.8 Å². The Bertz CT molecular complexity index is 599. The van der Waals surface area contributed by atoms with E-state index in [4.69, 9.17) is 4.74 Å². The molecule has 1 saturated heterocycles. The number of nitro groups is 1. The Morgan fingerprint density at radius 1 is 1.07 bits per heavy atom. The first-order valence-corrected chi connectivity index (χ1v) is 9.79. The Morgan fingerprint density at radius 3 is 2.11 bits per heavy atom. The van der Waals surface area contributed by atoms with Gasteiger partial charge >= 0.3 is 5.97 Å². The minimum atomic E-state index is -0.410. The summed E-state index contributed by atoms with van der Waals surface area (Å²) >= 11 is 0. The van der Waals surface area contributed by atoms with E-state index in [0.717, 1.165) is 57.9 Å². The molecule has 156 valence electrons. The lowest BCUT2D eigenvalue weighted by Gasteiger charge is -2.30. The van der Waals surface area contributed by atoms with Crippen molar-refractivity contribution in [1.82, 2.24) is 20.9 Å². The molecule has 28 heavy (non-hydrogen) atoms. The summed E-state index contributed by atoms with van der Waals surface area (Å²) in [4.78, 5) is 25.0. The number of non-ortho nitro benzene ring substituents is 1. The number of nitrogens with one attached hydrogen (secondary N) is 3. The molecule has 1 atom stereocenters. The van der Waals surface area contributed by atoms with Gasteiger partial charge in [-0.25, -0.2) is 0 Å². The Hall–Kier alpha value is -2.07. The summed E-state index contributed by atoms with van der Waals surface area (Å²) in [5, 5.41) is 20.9. The number of nitrogens with zero attached hydrogens (tertiary/aromatic N) is 2. The molecule has 0 radical (unpaired) electrons. The number of rotatable bonds is 6. The minimum Gasteiger partial charge on any atom is -0.468 e. The Kier molecular flexibility index (Phi) is 9.84. The van der Waals surface area contributed by atoms with Crippen LogP contribution >= 0.6 is 0 Å². The number of esters is 1. The molecule has 1 fully saturated rings. The van der Waals surface area contributed by atoms with Crippen molar-refractivity contribution in [2.75, 3.05) is 59.5 Å². The molecule has 1 aliphatic rings. The van der Waals surface area contributed by atoms with Gasteiger partial charge in [-0.15, -0.1) is 0 Å². The van der Waals surface area contributed by atoms with Crippen LogP contribution in [-0.4, -0.2) is 81.3 Å². The zero-order chi connectivity index (χ0) is 20.2. The number of nitro benzene ring substituents is 1. The summed E-state index contributed by atoms with van der Waals surface area (Å²) in [6, 6.07) is 6.16. The molecule has 0 amide bonds. The van der Waals surface area contributed by atoms with Crippen LogP contribution in [-0.2, 0) is 16.0 Å². The first kappa shape index (κ1) is 22.2. The predicted octanol–water partition coefficient (Wildman–Crippen LogP) is 0.153. The lowest BCUT2D eigenvalue weighted by atomic mass is 10.0. The van der Waals surface area contributed by atoms with E-state index in [1.165, 1.54) is 19.2 Å². The number of carbonyl (C=O) groups is 1. The zero-order valence-electron chi connectivity index (χ0n) is 16.5. The molecule has 0 saturated carbocycles. The second-order valence-corrected chi connectivity index (χ2v) is 6.79. The molecule has 0 aromatic heterocycles. The lowest BCUT2D eigenvalue weighted by Crippen LogP contribution is -2.49. The molecular formula is C19H31N5O4. The zero-order valence-corrected chi connectivity index (χ0v) is 16.5. The van der Waals surface area contributed by atoms with Crippen molar-refractivity contribution in [2.24, 2.45) is 0 Å². The minimum absolute atomic E-state index is 0.0722. The van der Waals surface area contributed by atoms with Crippen LogP contribution in [0.5, 0.6) is 0 Å². The van der Waals surface area contributed by atoms with Crippen LogP contribution in [0.2, 0.25) is 0 Å². The standard InChI is InChI=1S/C19H31N5O4/c1-28-19(25)18(7-4-16-2-5-17(6-3-16)24(26)27)23-14-12-21-10-8-20-9-11-22-13-15-23/h2-3,5-6,18,20-22H,4,7-15H2,1H3. The highest BCUT2D eigenvalue weighted by molar-refractivity contribution is 5.75. The van der Waals surface area contributed by atoms with Gasteiger partial charge in [0.1, 0.15) is 6.04 Å². The smallest absolute Gasteiger partial charge is 0.323 e. The van der Waals surface area contributed by atoms with Gasteiger partial charge in [-0.1, -0.05) is 12.1 Å². The molecule has 1 heterocycles. The van der Waals surface area contributed by atoms with Crippen LogP contribution in [0.4, 0.5) is 5.69 Å². The normalized spacial score (nSPS) is 18.5. The van der Waals surface area contributed by atoms with Crippen molar-refractivity contribution in [3.05, 3.63) is 39.9 Å². The Balaban J connectivity index is 2.00. The predicted molar refractivity (Wildman–Crippen MR) is 107 cm³/mol. The number of aryl methyl sites for hydroxylation is 1. The first-order valence-electron chi connectivity index (χ1n) is 9.79. The largest absolute Gasteiger partial charge is 0.468 e. The number of benzene rings is 1. The third-order valence-corrected chi connectivity index (χ3v) is 4.88. The fourth-order valence-electron chi connectivity index (χ4n) is 3.27. The second-order valence-electron chi connectivity index (χ2n) is 6.79. The highest BCUT2D eigenvalue weighted by Crippen LogP contribution is 2.16. The van der Waals surface area contributed by atoms with Crippen LogP contribution in [0, 0.1) is 10.1 Å². The molecule has 1 unspecified atom stereocenters. The fourth-order valence-corrected chi connectivity index (χ4v) is 3.27. The number of carbonyl (C=O) groups excluding carboxylic acids is 1. The van der Waals surface area contributed by atoms with Gasteiger partial charge < -0.3 is 20.7 Å². The van der Waals surface area contributed by atoms with E-state index in [9.17, 15) is 14.9 Å². The monoisotopic (exact) mass is 393 g/mol. The average molecular weight is 393 g/mol. The molecule has 1 aromatic rings. The van der Waals surface area contributed by atoms with Gasteiger partial charge in [-0.2, -0.15) is 0 Å². The van der Waals surface area contributed by atoms with E-state index in [-0.39, 0.29) is 17.7 Å². The molecule has 1 aromatic carbocycles. The maximum absolute atomic E-state index is 12.4. The van der Waals surface area contributed by atoms with Crippen molar-refractivity contribution < 1.29 is 14.5 Å². The maximum atomic E-state index is 12.4. The first-order chi connectivity index (χ1) is 13.6. The van der Waals surface area contributed by atoms with Gasteiger partial charge in [-0.3, -0.25) is 19.8 Å². The van der Waals surface area contributed by atoms with Crippen LogP contribution in [0.15, 0.2) is 24.3 Å². The number of hydrogen-bond acceptors (Lipinski definition) is 8. The molecule has 0 bridgehead atoms. The van der Waals surface area contributed by atoms with E-state index in [1.54, 1.807) is 12.1 Å². The van der Waals surface area contributed by atoms with Crippen molar-refractivity contribution >= 4 is 11.7 Å². The molecule has 0 spiro atoms. The summed E-state index contributed by atoms with van der Waals surface area (Å²) < 4.78 is 5.06. The molecular weight excluding hydrogens is 362 g/mol. The number of methoxy groups -OCH3 is 1.